The Morgan fingerprint density at radius 2 is 1.74 bits per heavy atom. The molecule has 19 heavy (non-hydrogen) atoms. The van der Waals surface area contributed by atoms with Gasteiger partial charge in [-0.3, -0.25) is 0 Å². The molecule has 0 bridgehead atoms. The number of fused-ring (bicyclic) bond motifs is 1. The Morgan fingerprint density at radius 1 is 1.00 bits per heavy atom. The second-order valence-electron chi connectivity index (χ2n) is 5.27. The van der Waals surface area contributed by atoms with Crippen molar-refractivity contribution in [3.05, 3.63) is 53.6 Å². The van der Waals surface area contributed by atoms with Crippen LogP contribution < -0.4 is 10.2 Å². The summed E-state index contributed by atoms with van der Waals surface area (Å²) < 4.78 is 0. The van der Waals surface area contributed by atoms with Crippen LogP contribution in [-0.4, -0.2) is 13.6 Å². The van der Waals surface area contributed by atoms with Crippen LogP contribution in [0.5, 0.6) is 0 Å². The molecule has 0 amide bonds. The number of nitrogens with zero attached hydrogens (tertiary/aromatic N) is 1. The van der Waals surface area contributed by atoms with Gasteiger partial charge in [0.05, 0.1) is 0 Å². The number of hydrogen-bond donors (Lipinski definition) is 1. The zero-order valence-electron chi connectivity index (χ0n) is 11.6. The zero-order chi connectivity index (χ0) is 13.2. The molecular weight excluding hydrogens is 232 g/mol. The van der Waals surface area contributed by atoms with E-state index < -0.39 is 0 Å². The van der Waals surface area contributed by atoms with E-state index in [1.807, 2.05) is 0 Å². The summed E-state index contributed by atoms with van der Waals surface area (Å²) in [5, 5.41) is 3.46. The van der Waals surface area contributed by atoms with Gasteiger partial charge in [-0.25, -0.2) is 0 Å². The minimum Gasteiger partial charge on any atom is -0.385 e. The van der Waals surface area contributed by atoms with E-state index in [1.165, 1.54) is 41.0 Å². The predicted molar refractivity (Wildman–Crippen MR) is 82.5 cm³/mol. The molecule has 3 rings (SSSR count). The van der Waals surface area contributed by atoms with E-state index in [1.54, 1.807) is 0 Å². The highest BCUT2D eigenvalue weighted by molar-refractivity contribution is 5.68. The van der Waals surface area contributed by atoms with Gasteiger partial charge in [0.25, 0.3) is 0 Å². The second kappa shape index (κ2) is 4.96. The third kappa shape index (κ3) is 2.43. The van der Waals surface area contributed by atoms with Crippen LogP contribution in [0.2, 0.25) is 0 Å². The van der Waals surface area contributed by atoms with Crippen molar-refractivity contribution in [3.8, 4) is 0 Å². The molecule has 0 saturated heterocycles. The van der Waals surface area contributed by atoms with Crippen LogP contribution in [0.3, 0.4) is 0 Å². The van der Waals surface area contributed by atoms with Crippen molar-refractivity contribution in [2.24, 2.45) is 0 Å². The summed E-state index contributed by atoms with van der Waals surface area (Å²) in [6.07, 6.45) is 2.41. The minimum absolute atomic E-state index is 1.10. The summed E-state index contributed by atoms with van der Waals surface area (Å²) in [6.45, 7) is 3.22. The lowest BCUT2D eigenvalue weighted by Crippen LogP contribution is -2.14. The summed E-state index contributed by atoms with van der Waals surface area (Å²) in [5.41, 5.74) is 6.52. The first-order chi connectivity index (χ1) is 9.24. The smallest absolute Gasteiger partial charge is 0.0412 e. The topological polar surface area (TPSA) is 15.3 Å². The molecule has 1 aliphatic rings. The van der Waals surface area contributed by atoms with Crippen LogP contribution in [0.15, 0.2) is 42.5 Å². The molecule has 2 aromatic carbocycles. The average Bonchev–Trinajstić information content (AvgIpc) is 2.47. The van der Waals surface area contributed by atoms with Gasteiger partial charge in [0, 0.05) is 30.7 Å². The van der Waals surface area contributed by atoms with Gasteiger partial charge >= 0.3 is 0 Å². The molecule has 98 valence electrons. The summed E-state index contributed by atoms with van der Waals surface area (Å²) >= 11 is 0. The number of rotatable bonds is 2. The van der Waals surface area contributed by atoms with Gasteiger partial charge in [-0.2, -0.15) is 0 Å². The van der Waals surface area contributed by atoms with Crippen LogP contribution in [0.25, 0.3) is 0 Å². The van der Waals surface area contributed by atoms with Crippen molar-refractivity contribution < 1.29 is 0 Å². The first-order valence-corrected chi connectivity index (χ1v) is 6.91. The third-order valence-corrected chi connectivity index (χ3v) is 3.84. The van der Waals surface area contributed by atoms with E-state index in [0.29, 0.717) is 0 Å². The minimum atomic E-state index is 1.10. The van der Waals surface area contributed by atoms with Crippen LogP contribution in [0.1, 0.15) is 17.5 Å². The normalized spacial score (nSPS) is 13.6. The summed E-state index contributed by atoms with van der Waals surface area (Å²) in [7, 11) is 2.13. The van der Waals surface area contributed by atoms with Crippen LogP contribution in [-0.2, 0) is 6.42 Å². The van der Waals surface area contributed by atoms with E-state index in [4.69, 9.17) is 0 Å². The zero-order valence-corrected chi connectivity index (χ0v) is 11.6. The fourth-order valence-corrected chi connectivity index (χ4v) is 2.59. The van der Waals surface area contributed by atoms with Gasteiger partial charge in [0.1, 0.15) is 0 Å². The van der Waals surface area contributed by atoms with Gasteiger partial charge in [-0.05, 0) is 55.7 Å². The molecule has 2 heteroatoms. The van der Waals surface area contributed by atoms with Crippen LogP contribution in [0, 0.1) is 6.92 Å². The third-order valence-electron chi connectivity index (χ3n) is 3.84. The highest BCUT2D eigenvalue weighted by Crippen LogP contribution is 2.30. The molecule has 1 aliphatic heterocycles. The Bertz CT molecular complexity index is 572. The molecule has 0 aromatic heterocycles. The van der Waals surface area contributed by atoms with Crippen molar-refractivity contribution in [1.29, 1.82) is 0 Å². The predicted octanol–water partition coefficient (Wildman–Crippen LogP) is 4.12. The maximum absolute atomic E-state index is 3.46. The fourth-order valence-electron chi connectivity index (χ4n) is 2.59. The van der Waals surface area contributed by atoms with Crippen LogP contribution in [0.4, 0.5) is 17.1 Å². The Labute approximate surface area is 115 Å². The van der Waals surface area contributed by atoms with E-state index in [-0.39, 0.29) is 0 Å². The highest BCUT2D eigenvalue weighted by atomic mass is 15.1. The van der Waals surface area contributed by atoms with Crippen molar-refractivity contribution >= 4 is 17.1 Å². The second-order valence-corrected chi connectivity index (χ2v) is 5.27. The standard InChI is InChI=1S/C17H20N2/c1-13-5-7-15(8-6-13)19(2)16-9-10-17-14(12-16)4-3-11-18-17/h5-10,12,18H,3-4,11H2,1-2H3. The molecule has 2 nitrogen and oxygen atoms in total. The Hall–Kier alpha value is -1.96. The first kappa shape index (κ1) is 12.1. The molecule has 0 unspecified atom stereocenters. The van der Waals surface area contributed by atoms with Gasteiger partial charge < -0.3 is 10.2 Å². The van der Waals surface area contributed by atoms with Crippen molar-refractivity contribution in [2.45, 2.75) is 19.8 Å². The number of nitrogens with one attached hydrogen (secondary N) is 1. The average molecular weight is 252 g/mol. The maximum atomic E-state index is 3.46. The number of aryl methyl sites for hydroxylation is 2. The molecule has 0 radical (unpaired) electrons. The molecule has 0 atom stereocenters. The summed E-state index contributed by atoms with van der Waals surface area (Å²) in [6, 6.07) is 15.4. The summed E-state index contributed by atoms with van der Waals surface area (Å²) in [4.78, 5) is 2.24. The Kier molecular flexibility index (Phi) is 3.16. The molecule has 1 heterocycles. The number of benzene rings is 2. The largest absolute Gasteiger partial charge is 0.385 e. The maximum Gasteiger partial charge on any atom is 0.0412 e. The Balaban J connectivity index is 1.91. The lowest BCUT2D eigenvalue weighted by Gasteiger charge is -2.24. The monoisotopic (exact) mass is 252 g/mol. The molecule has 0 aliphatic carbocycles. The fraction of sp³-hybridized carbons (Fsp3) is 0.294. The number of anilines is 3. The van der Waals surface area contributed by atoms with Crippen molar-refractivity contribution in [1.82, 2.24) is 0 Å². The number of hydrogen-bond acceptors (Lipinski definition) is 2. The van der Waals surface area contributed by atoms with E-state index in [9.17, 15) is 0 Å². The van der Waals surface area contributed by atoms with E-state index >= 15 is 0 Å². The van der Waals surface area contributed by atoms with E-state index in [2.05, 4.69) is 66.7 Å². The lowest BCUT2D eigenvalue weighted by molar-refractivity contribution is 0.830. The van der Waals surface area contributed by atoms with Gasteiger partial charge in [0.2, 0.25) is 0 Å². The van der Waals surface area contributed by atoms with Gasteiger partial charge in [-0.1, -0.05) is 17.7 Å². The lowest BCUT2D eigenvalue weighted by atomic mass is 10.0. The van der Waals surface area contributed by atoms with E-state index in [0.717, 1.165) is 6.54 Å². The first-order valence-electron chi connectivity index (χ1n) is 6.91. The summed E-state index contributed by atoms with van der Waals surface area (Å²) in [5.74, 6) is 0. The highest BCUT2D eigenvalue weighted by Gasteiger charge is 2.11. The van der Waals surface area contributed by atoms with Crippen molar-refractivity contribution in [3.63, 3.8) is 0 Å². The van der Waals surface area contributed by atoms with Gasteiger partial charge in [0.15, 0.2) is 0 Å². The Morgan fingerprint density at radius 3 is 2.53 bits per heavy atom. The molecular formula is C17H20N2. The van der Waals surface area contributed by atoms with Crippen LogP contribution >= 0.6 is 0 Å². The molecule has 2 aromatic rings. The SMILES string of the molecule is Cc1ccc(N(C)c2ccc3c(c2)CCCN3)cc1. The van der Waals surface area contributed by atoms with Crippen molar-refractivity contribution in [2.75, 3.05) is 23.8 Å². The molecule has 0 fully saturated rings. The molecule has 1 N–H and O–H groups in total. The quantitative estimate of drug-likeness (QED) is 0.865. The molecule has 0 saturated carbocycles. The van der Waals surface area contributed by atoms with Gasteiger partial charge in [-0.15, -0.1) is 0 Å². The molecule has 0 spiro atoms.